The van der Waals surface area contributed by atoms with Gasteiger partial charge in [-0.2, -0.15) is 0 Å². The van der Waals surface area contributed by atoms with Crippen LogP contribution in [0.1, 0.15) is 38.3 Å². The van der Waals surface area contributed by atoms with E-state index < -0.39 is 5.60 Å². The van der Waals surface area contributed by atoms with Crippen molar-refractivity contribution in [2.24, 2.45) is 0 Å². The van der Waals surface area contributed by atoms with Crippen LogP contribution >= 0.6 is 0 Å². The van der Waals surface area contributed by atoms with Gasteiger partial charge in [0.05, 0.1) is 22.6 Å². The summed E-state index contributed by atoms with van der Waals surface area (Å²) in [5.41, 5.74) is 7.10. The first-order valence-corrected chi connectivity index (χ1v) is 14.9. The summed E-state index contributed by atoms with van der Waals surface area (Å²) in [5, 5.41) is 7.49. The van der Waals surface area contributed by atoms with Crippen molar-refractivity contribution in [2.75, 3.05) is 42.7 Å². The minimum absolute atomic E-state index is 0.327. The second-order valence-electron chi connectivity index (χ2n) is 12.2. The van der Waals surface area contributed by atoms with Crippen LogP contribution in [-0.4, -0.2) is 64.2 Å². The van der Waals surface area contributed by atoms with E-state index in [4.69, 9.17) is 9.72 Å². The Labute approximate surface area is 258 Å². The van der Waals surface area contributed by atoms with Gasteiger partial charge in [0.15, 0.2) is 0 Å². The van der Waals surface area contributed by atoms with Gasteiger partial charge < -0.3 is 29.7 Å². The molecule has 0 unspecified atom stereocenters. The van der Waals surface area contributed by atoms with E-state index in [2.05, 4.69) is 51.2 Å². The van der Waals surface area contributed by atoms with Gasteiger partial charge in [-0.25, -0.2) is 14.8 Å². The number of carbonyl (C=O) groups excluding carboxylic acids is 2. The highest BCUT2D eigenvalue weighted by atomic mass is 16.6. The molecule has 1 aliphatic heterocycles. The van der Waals surface area contributed by atoms with Crippen LogP contribution in [0.25, 0.3) is 22.2 Å². The van der Waals surface area contributed by atoms with Crippen molar-refractivity contribution in [1.82, 2.24) is 19.4 Å². The first-order valence-electron chi connectivity index (χ1n) is 14.9. The zero-order valence-corrected chi connectivity index (χ0v) is 26.4. The van der Waals surface area contributed by atoms with Crippen molar-refractivity contribution < 1.29 is 14.3 Å². The normalized spacial score (nSPS) is 12.5. The summed E-state index contributed by atoms with van der Waals surface area (Å²) in [4.78, 5) is 37.8. The summed E-state index contributed by atoms with van der Waals surface area (Å²) >= 11 is 0. The number of nitrogens with zero attached hydrogens (tertiary/aromatic N) is 5. The molecule has 2 amide bonds. The Hall–Kier alpha value is -4.86. The molecule has 0 saturated carbocycles. The SMILES string of the molecule is C=CC(=O)Nc1cc(Nc2nccc(-c3cn4c5c(cccc35)CCC4)n2)c(C)cc1N(C)CCN(C)C(=O)OC(C)(C)C. The lowest BCUT2D eigenvalue weighted by Crippen LogP contribution is -2.38. The molecule has 2 N–H and O–H groups in total. The summed E-state index contributed by atoms with van der Waals surface area (Å²) < 4.78 is 7.80. The summed E-state index contributed by atoms with van der Waals surface area (Å²) in [7, 11) is 3.62. The second-order valence-corrected chi connectivity index (χ2v) is 12.2. The number of aromatic nitrogens is 3. The van der Waals surface area contributed by atoms with Gasteiger partial charge >= 0.3 is 6.09 Å². The molecule has 0 aliphatic carbocycles. The lowest BCUT2D eigenvalue weighted by Gasteiger charge is -2.28. The van der Waals surface area contributed by atoms with Crippen molar-refractivity contribution in [2.45, 2.75) is 52.7 Å². The summed E-state index contributed by atoms with van der Waals surface area (Å²) in [5.74, 6) is 0.130. The molecule has 10 heteroatoms. The molecule has 0 fully saturated rings. The van der Waals surface area contributed by atoms with E-state index in [-0.39, 0.29) is 12.0 Å². The van der Waals surface area contributed by atoms with Gasteiger partial charge in [-0.05, 0) is 75.9 Å². The van der Waals surface area contributed by atoms with Gasteiger partial charge in [0.2, 0.25) is 11.9 Å². The number of para-hydroxylation sites is 1. The van der Waals surface area contributed by atoms with E-state index in [1.54, 1.807) is 18.1 Å². The van der Waals surface area contributed by atoms with Crippen LogP contribution in [0.15, 0.2) is 61.4 Å². The van der Waals surface area contributed by atoms with Gasteiger partial charge in [-0.1, -0.05) is 24.8 Å². The Balaban J connectivity index is 1.39. The average molecular weight is 596 g/mol. The molecule has 5 rings (SSSR count). The van der Waals surface area contributed by atoms with Crippen LogP contribution in [-0.2, 0) is 22.5 Å². The van der Waals surface area contributed by atoms with Crippen molar-refractivity contribution in [3.05, 3.63) is 72.6 Å². The number of rotatable bonds is 9. The maximum Gasteiger partial charge on any atom is 0.410 e. The Morgan fingerprint density at radius 2 is 1.93 bits per heavy atom. The van der Waals surface area contributed by atoms with Crippen molar-refractivity contribution in [3.8, 4) is 11.3 Å². The molecule has 10 nitrogen and oxygen atoms in total. The van der Waals surface area contributed by atoms with Gasteiger partial charge in [0.1, 0.15) is 5.60 Å². The van der Waals surface area contributed by atoms with Crippen molar-refractivity contribution in [1.29, 1.82) is 0 Å². The Morgan fingerprint density at radius 3 is 2.68 bits per heavy atom. The molecule has 44 heavy (non-hydrogen) atoms. The summed E-state index contributed by atoms with van der Waals surface area (Å²) in [6, 6.07) is 12.3. The maximum atomic E-state index is 12.4. The molecular formula is C34H41N7O3. The first-order chi connectivity index (χ1) is 20.9. The molecule has 0 bridgehead atoms. The smallest absolute Gasteiger partial charge is 0.410 e. The molecule has 0 radical (unpaired) electrons. The number of amides is 2. The highest BCUT2D eigenvalue weighted by Gasteiger charge is 2.21. The molecular weight excluding hydrogens is 554 g/mol. The highest BCUT2D eigenvalue weighted by Crippen LogP contribution is 2.36. The number of ether oxygens (including phenoxy) is 1. The van der Waals surface area contributed by atoms with Gasteiger partial charge in [-0.3, -0.25) is 4.79 Å². The second kappa shape index (κ2) is 12.4. The van der Waals surface area contributed by atoms with E-state index >= 15 is 0 Å². The predicted molar refractivity (Wildman–Crippen MR) is 177 cm³/mol. The fraction of sp³-hybridized carbons (Fsp3) is 0.353. The van der Waals surface area contributed by atoms with Crippen LogP contribution in [0.2, 0.25) is 0 Å². The van der Waals surface area contributed by atoms with Gasteiger partial charge in [0, 0.05) is 62.8 Å². The number of likely N-dealkylation sites (N-methyl/N-ethyl adjacent to an activating group) is 2. The molecule has 230 valence electrons. The third kappa shape index (κ3) is 6.69. The number of carbonyl (C=O) groups is 2. The Kier molecular flexibility index (Phi) is 8.62. The van der Waals surface area contributed by atoms with E-state index in [0.29, 0.717) is 24.7 Å². The minimum Gasteiger partial charge on any atom is -0.444 e. The molecule has 3 heterocycles. The van der Waals surface area contributed by atoms with Crippen molar-refractivity contribution >= 4 is 45.9 Å². The van der Waals surface area contributed by atoms with E-state index in [9.17, 15) is 9.59 Å². The third-order valence-electron chi connectivity index (χ3n) is 7.68. The molecule has 2 aromatic carbocycles. The van der Waals surface area contributed by atoms with E-state index in [0.717, 1.165) is 47.6 Å². The monoisotopic (exact) mass is 595 g/mol. The molecule has 4 aromatic rings. The van der Waals surface area contributed by atoms with Crippen LogP contribution in [0.3, 0.4) is 0 Å². The molecule has 0 atom stereocenters. The number of hydrogen-bond donors (Lipinski definition) is 2. The topological polar surface area (TPSA) is 105 Å². The van der Waals surface area contributed by atoms with Crippen LogP contribution < -0.4 is 15.5 Å². The molecule has 2 aromatic heterocycles. The standard InChI is InChI=1S/C34H41N7O3/c1-8-30(42)36-28-20-27(22(2)19-29(28)39(6)17-18-40(7)33(43)44-34(3,4)5)38-32-35-15-14-26(37-32)25-21-41-16-10-12-23-11-9-13-24(25)31(23)41/h8-9,11,13-15,19-21H,1,10,12,16-18H2,2-7H3,(H,36,42)(H,35,37,38). The maximum absolute atomic E-state index is 12.4. The number of benzene rings is 2. The molecule has 0 saturated heterocycles. The number of hydrogen-bond acceptors (Lipinski definition) is 7. The third-order valence-corrected chi connectivity index (χ3v) is 7.68. The van der Waals surface area contributed by atoms with Crippen LogP contribution in [0, 0.1) is 6.92 Å². The van der Waals surface area contributed by atoms with Gasteiger partial charge in [0.25, 0.3) is 0 Å². The Morgan fingerprint density at radius 1 is 1.14 bits per heavy atom. The quantitative estimate of drug-likeness (QED) is 0.212. The largest absolute Gasteiger partial charge is 0.444 e. The summed E-state index contributed by atoms with van der Waals surface area (Å²) in [6.07, 6.45) is 7.02. The van der Waals surface area contributed by atoms with E-state index in [1.165, 1.54) is 22.5 Å². The minimum atomic E-state index is -0.571. The number of nitrogens with one attached hydrogen (secondary N) is 2. The Bertz CT molecular complexity index is 1720. The van der Waals surface area contributed by atoms with Crippen molar-refractivity contribution in [3.63, 3.8) is 0 Å². The number of aryl methyl sites for hydroxylation is 3. The predicted octanol–water partition coefficient (Wildman–Crippen LogP) is 6.52. The highest BCUT2D eigenvalue weighted by molar-refractivity contribution is 6.02. The average Bonchev–Trinajstić information content (AvgIpc) is 3.37. The molecule has 0 spiro atoms. The van der Waals surface area contributed by atoms with Gasteiger partial charge in [-0.15, -0.1) is 0 Å². The fourth-order valence-electron chi connectivity index (χ4n) is 5.43. The van der Waals surface area contributed by atoms with Crippen LogP contribution in [0.5, 0.6) is 0 Å². The molecule has 1 aliphatic rings. The summed E-state index contributed by atoms with van der Waals surface area (Å²) in [6.45, 7) is 13.1. The fourth-order valence-corrected chi connectivity index (χ4v) is 5.43. The van der Waals surface area contributed by atoms with E-state index in [1.807, 2.05) is 57.8 Å². The zero-order chi connectivity index (χ0) is 31.6. The number of anilines is 4. The van der Waals surface area contributed by atoms with Crippen LogP contribution in [0.4, 0.5) is 27.8 Å². The first kappa shape index (κ1) is 30.6. The lowest BCUT2D eigenvalue weighted by atomic mass is 10.0. The zero-order valence-electron chi connectivity index (χ0n) is 26.4. The lowest BCUT2D eigenvalue weighted by molar-refractivity contribution is -0.111.